The van der Waals surface area contributed by atoms with Crippen LogP contribution in [0.2, 0.25) is 0 Å². The molecule has 6 aromatic rings. The van der Waals surface area contributed by atoms with Crippen LogP contribution in [0.25, 0.3) is 52.5 Å². The second-order valence-electron chi connectivity index (χ2n) is 12.4. The largest absolute Gasteiger partial charge is 0.381 e. The van der Waals surface area contributed by atoms with E-state index in [2.05, 4.69) is 116 Å². The highest BCUT2D eigenvalue weighted by molar-refractivity contribution is 7.27. The summed E-state index contributed by atoms with van der Waals surface area (Å²) in [7, 11) is 0. The minimum Gasteiger partial charge on any atom is -0.381 e. The van der Waals surface area contributed by atoms with E-state index in [4.69, 9.17) is 14.2 Å². The molecule has 0 aliphatic heterocycles. The molecule has 4 aromatic heterocycles. The molecule has 0 N–H and O–H groups in total. The first-order chi connectivity index (χ1) is 25.2. The first-order valence-electron chi connectivity index (χ1n) is 18.2. The number of benzene rings is 2. The average Bonchev–Trinajstić information content (AvgIpc) is 4.00. The Morgan fingerprint density at radius 1 is 0.412 bits per heavy atom. The van der Waals surface area contributed by atoms with Gasteiger partial charge in [-0.05, 0) is 84.1 Å². The monoisotopic (exact) mass is 752 g/mol. The molecular formula is C44H48O3S4. The van der Waals surface area contributed by atoms with Crippen LogP contribution in [0, 0.1) is 0 Å². The van der Waals surface area contributed by atoms with Gasteiger partial charge in [0, 0.05) is 65.1 Å². The molecule has 0 aliphatic rings. The van der Waals surface area contributed by atoms with Crippen molar-refractivity contribution in [1.29, 1.82) is 0 Å². The van der Waals surface area contributed by atoms with Crippen molar-refractivity contribution in [2.24, 2.45) is 0 Å². The first kappa shape index (κ1) is 37.6. The molecule has 4 heterocycles. The maximum atomic E-state index is 5.82. The van der Waals surface area contributed by atoms with Gasteiger partial charge in [-0.15, -0.1) is 45.3 Å². The molecule has 0 atom stereocenters. The van der Waals surface area contributed by atoms with Crippen molar-refractivity contribution < 1.29 is 14.2 Å². The molecule has 0 amide bonds. The van der Waals surface area contributed by atoms with Crippen molar-refractivity contribution in [3.8, 4) is 40.4 Å². The normalized spacial score (nSPS) is 11.6. The highest BCUT2D eigenvalue weighted by atomic mass is 32.1. The van der Waals surface area contributed by atoms with E-state index in [1.807, 2.05) is 52.3 Å². The Balaban J connectivity index is 0.962. The molecule has 51 heavy (non-hydrogen) atoms. The lowest BCUT2D eigenvalue weighted by Gasteiger charge is -2.05. The lowest BCUT2D eigenvalue weighted by atomic mass is 10.1. The number of unbranched alkanes of at least 4 members (excludes halogenated alkanes) is 3. The van der Waals surface area contributed by atoms with Crippen molar-refractivity contribution in [1.82, 2.24) is 0 Å². The van der Waals surface area contributed by atoms with Gasteiger partial charge in [0.2, 0.25) is 0 Å². The zero-order valence-electron chi connectivity index (χ0n) is 29.7. The predicted molar refractivity (Wildman–Crippen MR) is 225 cm³/mol. The standard InChI is InChI=1S/C44H48O3S4/c1-3-5-6-7-28-46-31-32-47-30-27-38-19-21-41(49-38)42-24-25-44(51-42)43-23-22-40(50-43)36-16-12-34(13-17-36)9-8-33-10-14-35(15-11-33)39-20-18-37(48-39)26-29-45-4-2/h8-25H,3-7,26-32H2,1-2H3/b9-8+. The fraction of sp³-hybridized carbons (Fsp3) is 0.318. The number of ether oxygens (including phenoxy) is 3. The fourth-order valence-electron chi connectivity index (χ4n) is 5.69. The van der Waals surface area contributed by atoms with Crippen LogP contribution in [0.15, 0.2) is 97.1 Å². The molecular weight excluding hydrogens is 705 g/mol. The third-order valence-corrected chi connectivity index (χ3v) is 13.5. The van der Waals surface area contributed by atoms with Crippen molar-refractivity contribution in [3.05, 3.63) is 118 Å². The minimum atomic E-state index is 0.674. The smallest absolute Gasteiger partial charge is 0.0700 e. The molecule has 0 fully saturated rings. The van der Waals surface area contributed by atoms with Crippen LogP contribution in [-0.2, 0) is 27.1 Å². The molecule has 0 bridgehead atoms. The molecule has 0 radical (unpaired) electrons. The maximum absolute atomic E-state index is 5.82. The van der Waals surface area contributed by atoms with E-state index < -0.39 is 0 Å². The molecule has 0 aliphatic carbocycles. The van der Waals surface area contributed by atoms with Gasteiger partial charge in [-0.1, -0.05) is 86.9 Å². The van der Waals surface area contributed by atoms with Gasteiger partial charge in [-0.2, -0.15) is 0 Å². The van der Waals surface area contributed by atoms with Crippen LogP contribution in [0.5, 0.6) is 0 Å². The van der Waals surface area contributed by atoms with Gasteiger partial charge in [-0.3, -0.25) is 0 Å². The average molecular weight is 753 g/mol. The summed E-state index contributed by atoms with van der Waals surface area (Å²) in [6, 6.07) is 35.7. The lowest BCUT2D eigenvalue weighted by Crippen LogP contribution is -2.07. The molecule has 2 aromatic carbocycles. The summed E-state index contributed by atoms with van der Waals surface area (Å²) in [5.41, 5.74) is 4.92. The number of rotatable bonds is 21. The van der Waals surface area contributed by atoms with E-state index in [9.17, 15) is 0 Å². The highest BCUT2D eigenvalue weighted by Gasteiger charge is 2.11. The Morgan fingerprint density at radius 3 is 1.45 bits per heavy atom. The number of thiophene rings is 4. The maximum Gasteiger partial charge on any atom is 0.0700 e. The lowest BCUT2D eigenvalue weighted by molar-refractivity contribution is 0.0476. The Hall–Kier alpha value is -3.14. The van der Waals surface area contributed by atoms with Gasteiger partial charge in [0.05, 0.1) is 26.4 Å². The van der Waals surface area contributed by atoms with Gasteiger partial charge in [0.1, 0.15) is 0 Å². The van der Waals surface area contributed by atoms with Crippen LogP contribution in [-0.4, -0.2) is 39.6 Å². The molecule has 7 heteroatoms. The minimum absolute atomic E-state index is 0.674. The summed E-state index contributed by atoms with van der Waals surface area (Å²) in [5.74, 6) is 0. The summed E-state index contributed by atoms with van der Waals surface area (Å²) in [6.07, 6.45) is 11.3. The predicted octanol–water partition coefficient (Wildman–Crippen LogP) is 13.5. The Bertz CT molecular complexity index is 1910. The van der Waals surface area contributed by atoms with Gasteiger partial charge in [0.15, 0.2) is 0 Å². The van der Waals surface area contributed by atoms with Crippen LogP contribution < -0.4 is 0 Å². The zero-order valence-corrected chi connectivity index (χ0v) is 33.0. The second-order valence-corrected chi connectivity index (χ2v) is 16.9. The van der Waals surface area contributed by atoms with E-state index >= 15 is 0 Å². The molecule has 0 saturated heterocycles. The summed E-state index contributed by atoms with van der Waals surface area (Å²) in [5, 5.41) is 0. The van der Waals surface area contributed by atoms with Crippen molar-refractivity contribution >= 4 is 57.5 Å². The van der Waals surface area contributed by atoms with Crippen LogP contribution in [0.1, 0.15) is 60.4 Å². The topological polar surface area (TPSA) is 27.7 Å². The van der Waals surface area contributed by atoms with Crippen molar-refractivity contribution in [2.45, 2.75) is 52.4 Å². The van der Waals surface area contributed by atoms with E-state index in [-0.39, 0.29) is 0 Å². The van der Waals surface area contributed by atoms with Crippen LogP contribution in [0.3, 0.4) is 0 Å². The molecule has 6 rings (SSSR count). The van der Waals surface area contributed by atoms with Gasteiger partial charge >= 0.3 is 0 Å². The number of hydrogen-bond donors (Lipinski definition) is 0. The van der Waals surface area contributed by atoms with Crippen molar-refractivity contribution in [2.75, 3.05) is 39.6 Å². The summed E-state index contributed by atoms with van der Waals surface area (Å²) in [6.45, 7) is 8.80. The van der Waals surface area contributed by atoms with Gasteiger partial charge in [0.25, 0.3) is 0 Å². The SMILES string of the molecule is CCCCCCOCCOCCc1ccc(-c2ccc(-c3ccc(-c4ccc(/C=C/c5ccc(-c6ccc(CCOCC)s6)cc5)cc4)s3)s2)s1. The summed E-state index contributed by atoms with van der Waals surface area (Å²) < 4.78 is 17.0. The molecule has 266 valence electrons. The van der Waals surface area contributed by atoms with E-state index in [1.165, 1.54) is 80.5 Å². The molecule has 0 spiro atoms. The fourth-order valence-corrected chi connectivity index (χ4v) is 9.87. The van der Waals surface area contributed by atoms with Gasteiger partial charge < -0.3 is 14.2 Å². The summed E-state index contributed by atoms with van der Waals surface area (Å²) >= 11 is 7.47. The zero-order chi connectivity index (χ0) is 35.1. The second kappa shape index (κ2) is 20.2. The van der Waals surface area contributed by atoms with Crippen LogP contribution in [0.4, 0.5) is 0 Å². The third kappa shape index (κ3) is 11.4. The Kier molecular flexibility index (Phi) is 14.9. The quantitative estimate of drug-likeness (QED) is 0.0541. The van der Waals surface area contributed by atoms with Gasteiger partial charge in [-0.25, -0.2) is 0 Å². The molecule has 3 nitrogen and oxygen atoms in total. The molecule has 0 unspecified atom stereocenters. The Labute approximate surface area is 320 Å². The number of hydrogen-bond acceptors (Lipinski definition) is 7. The Morgan fingerprint density at radius 2 is 0.863 bits per heavy atom. The van der Waals surface area contributed by atoms with E-state index in [0.29, 0.717) is 13.2 Å². The third-order valence-electron chi connectivity index (χ3n) is 8.58. The highest BCUT2D eigenvalue weighted by Crippen LogP contribution is 2.42. The first-order valence-corrected chi connectivity index (χ1v) is 21.4. The van der Waals surface area contributed by atoms with E-state index in [1.54, 1.807) is 0 Å². The van der Waals surface area contributed by atoms with Crippen LogP contribution >= 0.6 is 45.3 Å². The molecule has 0 saturated carbocycles. The van der Waals surface area contributed by atoms with Crippen molar-refractivity contribution in [3.63, 3.8) is 0 Å². The van der Waals surface area contributed by atoms with E-state index in [0.717, 1.165) is 45.7 Å². The summed E-state index contributed by atoms with van der Waals surface area (Å²) in [4.78, 5) is 10.6.